The molecule has 1 aromatic carbocycles. The topological polar surface area (TPSA) is 35.2 Å². The standard InChI is InChI=1S/C11H15NO/c1-4-11(12)9-5-8(2)6-10(7-9)13-3/h4-7,11H,1,12H2,2-3H3. The Hall–Kier alpha value is -1.28. The summed E-state index contributed by atoms with van der Waals surface area (Å²) in [5.41, 5.74) is 7.99. The summed E-state index contributed by atoms with van der Waals surface area (Å²) in [5.74, 6) is 0.840. The first kappa shape index (κ1) is 9.81. The number of hydrogen-bond acceptors (Lipinski definition) is 2. The molecule has 0 heterocycles. The van der Waals surface area contributed by atoms with Crippen molar-refractivity contribution in [2.24, 2.45) is 5.73 Å². The van der Waals surface area contributed by atoms with Crippen LogP contribution in [0, 0.1) is 6.92 Å². The van der Waals surface area contributed by atoms with Gasteiger partial charge in [0.15, 0.2) is 0 Å². The first-order valence-electron chi connectivity index (χ1n) is 4.21. The van der Waals surface area contributed by atoms with Crippen molar-refractivity contribution in [2.45, 2.75) is 13.0 Å². The maximum absolute atomic E-state index is 5.81. The monoisotopic (exact) mass is 177 g/mol. The minimum atomic E-state index is -0.117. The molecule has 0 spiro atoms. The Labute approximate surface area is 79.0 Å². The molecule has 1 rings (SSSR count). The van der Waals surface area contributed by atoms with Gasteiger partial charge >= 0.3 is 0 Å². The van der Waals surface area contributed by atoms with Crippen LogP contribution < -0.4 is 10.5 Å². The molecular weight excluding hydrogens is 162 g/mol. The Kier molecular flexibility index (Phi) is 3.09. The van der Waals surface area contributed by atoms with Crippen LogP contribution in [-0.2, 0) is 0 Å². The molecule has 0 fully saturated rings. The molecule has 0 aliphatic rings. The van der Waals surface area contributed by atoms with Crippen molar-refractivity contribution >= 4 is 0 Å². The van der Waals surface area contributed by atoms with Crippen LogP contribution in [0.5, 0.6) is 5.75 Å². The second-order valence-corrected chi connectivity index (χ2v) is 3.05. The quantitative estimate of drug-likeness (QED) is 0.718. The van der Waals surface area contributed by atoms with E-state index in [1.807, 2.05) is 25.1 Å². The number of benzene rings is 1. The highest BCUT2D eigenvalue weighted by Gasteiger charge is 2.03. The zero-order chi connectivity index (χ0) is 9.84. The van der Waals surface area contributed by atoms with Crippen LogP contribution in [0.25, 0.3) is 0 Å². The molecule has 0 aliphatic heterocycles. The number of hydrogen-bond donors (Lipinski definition) is 1. The van der Waals surface area contributed by atoms with Crippen LogP contribution in [0.15, 0.2) is 30.9 Å². The molecule has 1 atom stereocenters. The van der Waals surface area contributed by atoms with E-state index in [0.29, 0.717) is 0 Å². The lowest BCUT2D eigenvalue weighted by molar-refractivity contribution is 0.413. The maximum Gasteiger partial charge on any atom is 0.119 e. The molecule has 0 aliphatic carbocycles. The van der Waals surface area contributed by atoms with E-state index < -0.39 is 0 Å². The molecule has 0 bridgehead atoms. The van der Waals surface area contributed by atoms with Gasteiger partial charge in [0.2, 0.25) is 0 Å². The highest BCUT2D eigenvalue weighted by Crippen LogP contribution is 2.20. The van der Waals surface area contributed by atoms with E-state index in [2.05, 4.69) is 6.58 Å². The fraction of sp³-hybridized carbons (Fsp3) is 0.273. The van der Waals surface area contributed by atoms with Crippen molar-refractivity contribution in [1.82, 2.24) is 0 Å². The van der Waals surface area contributed by atoms with Gasteiger partial charge in [0.25, 0.3) is 0 Å². The third-order valence-electron chi connectivity index (χ3n) is 1.95. The first-order valence-corrected chi connectivity index (χ1v) is 4.21. The molecule has 2 heteroatoms. The lowest BCUT2D eigenvalue weighted by Gasteiger charge is -2.09. The second-order valence-electron chi connectivity index (χ2n) is 3.05. The molecule has 1 aromatic rings. The lowest BCUT2D eigenvalue weighted by Crippen LogP contribution is -2.06. The van der Waals surface area contributed by atoms with E-state index in [-0.39, 0.29) is 6.04 Å². The molecule has 0 saturated heterocycles. The van der Waals surface area contributed by atoms with E-state index in [4.69, 9.17) is 10.5 Å². The summed E-state index contributed by atoms with van der Waals surface area (Å²) in [6, 6.07) is 5.82. The van der Waals surface area contributed by atoms with E-state index in [9.17, 15) is 0 Å². The molecule has 0 radical (unpaired) electrons. The second kappa shape index (κ2) is 4.10. The van der Waals surface area contributed by atoms with Crippen molar-refractivity contribution in [3.63, 3.8) is 0 Å². The van der Waals surface area contributed by atoms with Crippen LogP contribution in [0.3, 0.4) is 0 Å². The van der Waals surface area contributed by atoms with Gasteiger partial charge in [0.1, 0.15) is 5.75 Å². The van der Waals surface area contributed by atoms with Gasteiger partial charge in [-0.15, -0.1) is 6.58 Å². The Balaban J connectivity index is 3.07. The van der Waals surface area contributed by atoms with Crippen molar-refractivity contribution in [3.05, 3.63) is 42.0 Å². The highest BCUT2D eigenvalue weighted by molar-refractivity contribution is 5.36. The number of rotatable bonds is 3. The Bertz CT molecular complexity index is 307. The maximum atomic E-state index is 5.81. The average Bonchev–Trinajstić information content (AvgIpc) is 2.15. The van der Waals surface area contributed by atoms with Gasteiger partial charge in [-0.3, -0.25) is 0 Å². The molecule has 1 unspecified atom stereocenters. The van der Waals surface area contributed by atoms with Crippen LogP contribution >= 0.6 is 0 Å². The Morgan fingerprint density at radius 1 is 1.46 bits per heavy atom. The van der Waals surface area contributed by atoms with Gasteiger partial charge in [0.05, 0.1) is 7.11 Å². The molecule has 70 valence electrons. The van der Waals surface area contributed by atoms with Crippen LogP contribution in [0.4, 0.5) is 0 Å². The largest absolute Gasteiger partial charge is 0.497 e. The summed E-state index contributed by atoms with van der Waals surface area (Å²) in [4.78, 5) is 0. The third-order valence-corrected chi connectivity index (χ3v) is 1.95. The van der Waals surface area contributed by atoms with E-state index in [1.54, 1.807) is 13.2 Å². The van der Waals surface area contributed by atoms with Gasteiger partial charge in [-0.05, 0) is 30.2 Å². The van der Waals surface area contributed by atoms with E-state index in [1.165, 1.54) is 0 Å². The predicted octanol–water partition coefficient (Wildman–Crippen LogP) is 2.19. The summed E-state index contributed by atoms with van der Waals surface area (Å²) in [6.07, 6.45) is 1.72. The van der Waals surface area contributed by atoms with Gasteiger partial charge in [0, 0.05) is 6.04 Å². The average molecular weight is 177 g/mol. The summed E-state index contributed by atoms with van der Waals surface area (Å²) in [7, 11) is 1.65. The summed E-state index contributed by atoms with van der Waals surface area (Å²) in [6.45, 7) is 5.67. The first-order chi connectivity index (χ1) is 6.17. The van der Waals surface area contributed by atoms with Gasteiger partial charge in [-0.1, -0.05) is 12.1 Å². The normalized spacial score (nSPS) is 12.2. The van der Waals surface area contributed by atoms with Crippen molar-refractivity contribution in [2.75, 3.05) is 7.11 Å². The fourth-order valence-corrected chi connectivity index (χ4v) is 1.22. The molecule has 0 aromatic heterocycles. The van der Waals surface area contributed by atoms with Gasteiger partial charge in [-0.2, -0.15) is 0 Å². The fourth-order valence-electron chi connectivity index (χ4n) is 1.22. The summed E-state index contributed by atoms with van der Waals surface area (Å²) >= 11 is 0. The zero-order valence-corrected chi connectivity index (χ0v) is 8.08. The molecule has 13 heavy (non-hydrogen) atoms. The minimum Gasteiger partial charge on any atom is -0.497 e. The Morgan fingerprint density at radius 2 is 2.15 bits per heavy atom. The van der Waals surface area contributed by atoms with Crippen LogP contribution in [-0.4, -0.2) is 7.11 Å². The number of aryl methyl sites for hydroxylation is 1. The third kappa shape index (κ3) is 2.33. The van der Waals surface area contributed by atoms with Crippen molar-refractivity contribution in [3.8, 4) is 5.75 Å². The number of ether oxygens (including phenoxy) is 1. The van der Waals surface area contributed by atoms with Crippen molar-refractivity contribution in [1.29, 1.82) is 0 Å². The Morgan fingerprint density at radius 3 is 2.69 bits per heavy atom. The molecular formula is C11H15NO. The number of nitrogens with two attached hydrogens (primary N) is 1. The van der Waals surface area contributed by atoms with E-state index in [0.717, 1.165) is 16.9 Å². The number of methoxy groups -OCH3 is 1. The molecule has 2 nitrogen and oxygen atoms in total. The van der Waals surface area contributed by atoms with Gasteiger partial charge in [-0.25, -0.2) is 0 Å². The highest BCUT2D eigenvalue weighted by atomic mass is 16.5. The zero-order valence-electron chi connectivity index (χ0n) is 8.08. The minimum absolute atomic E-state index is 0.117. The summed E-state index contributed by atoms with van der Waals surface area (Å²) < 4.78 is 5.14. The predicted molar refractivity (Wildman–Crippen MR) is 54.9 cm³/mol. The van der Waals surface area contributed by atoms with Crippen LogP contribution in [0.2, 0.25) is 0 Å². The van der Waals surface area contributed by atoms with Crippen molar-refractivity contribution < 1.29 is 4.74 Å². The van der Waals surface area contributed by atoms with Gasteiger partial charge < -0.3 is 10.5 Å². The lowest BCUT2D eigenvalue weighted by atomic mass is 10.0. The van der Waals surface area contributed by atoms with E-state index >= 15 is 0 Å². The molecule has 2 N–H and O–H groups in total. The van der Waals surface area contributed by atoms with Crippen LogP contribution in [0.1, 0.15) is 17.2 Å². The molecule has 0 amide bonds. The summed E-state index contributed by atoms with van der Waals surface area (Å²) in [5, 5.41) is 0. The molecule has 0 saturated carbocycles. The smallest absolute Gasteiger partial charge is 0.119 e. The SMILES string of the molecule is C=CC(N)c1cc(C)cc(OC)c1.